The fraction of sp³-hybridized carbons (Fsp3) is 0.818. The second-order valence-electron chi connectivity index (χ2n) is 4.87. The van der Waals surface area contributed by atoms with Crippen molar-refractivity contribution in [2.45, 2.75) is 50.8 Å². The molecule has 0 aromatic carbocycles. The molecule has 1 unspecified atom stereocenters. The Morgan fingerprint density at radius 1 is 1.53 bits per heavy atom. The minimum atomic E-state index is -1.10. The molecule has 4 N–H and O–H groups in total. The molecule has 0 aromatic rings. The molecule has 0 bridgehead atoms. The molecular weight excluding hydrogens is 224 g/mol. The SMILES string of the molecule is CCCC(C)(N)C(=O)N1C[C@H](O)C[C@@H]1C(=O)O. The average Bonchev–Trinajstić information content (AvgIpc) is 2.59. The fourth-order valence-electron chi connectivity index (χ4n) is 2.23. The number of nitrogens with zero attached hydrogens (tertiary/aromatic N) is 1. The number of carbonyl (C=O) groups excluding carboxylic acids is 1. The van der Waals surface area contributed by atoms with Gasteiger partial charge in [0.25, 0.3) is 0 Å². The number of carboxylic acids is 1. The molecule has 6 nitrogen and oxygen atoms in total. The lowest BCUT2D eigenvalue weighted by Crippen LogP contribution is -2.55. The Bertz CT molecular complexity index is 317. The molecule has 0 radical (unpaired) electrons. The molecule has 1 amide bonds. The molecule has 0 saturated carbocycles. The lowest BCUT2D eigenvalue weighted by Gasteiger charge is -2.31. The Morgan fingerprint density at radius 3 is 2.59 bits per heavy atom. The fourth-order valence-corrected chi connectivity index (χ4v) is 2.23. The highest BCUT2D eigenvalue weighted by Gasteiger charge is 2.43. The number of hydrogen-bond acceptors (Lipinski definition) is 4. The van der Waals surface area contributed by atoms with Crippen molar-refractivity contribution in [2.24, 2.45) is 5.73 Å². The molecule has 0 aliphatic carbocycles. The molecule has 0 aromatic heterocycles. The van der Waals surface area contributed by atoms with Crippen molar-refractivity contribution in [1.29, 1.82) is 0 Å². The van der Waals surface area contributed by atoms with Crippen LogP contribution < -0.4 is 5.73 Å². The van der Waals surface area contributed by atoms with Crippen molar-refractivity contribution in [3.63, 3.8) is 0 Å². The summed E-state index contributed by atoms with van der Waals surface area (Å²) in [5.74, 6) is -1.49. The predicted molar refractivity (Wildman–Crippen MR) is 61.3 cm³/mol. The maximum absolute atomic E-state index is 12.1. The summed E-state index contributed by atoms with van der Waals surface area (Å²) in [6.07, 6.45) is 0.526. The summed E-state index contributed by atoms with van der Waals surface area (Å²) >= 11 is 0. The van der Waals surface area contributed by atoms with E-state index in [1.54, 1.807) is 6.92 Å². The van der Waals surface area contributed by atoms with E-state index in [0.29, 0.717) is 6.42 Å². The molecule has 6 heteroatoms. The van der Waals surface area contributed by atoms with Crippen LogP contribution >= 0.6 is 0 Å². The van der Waals surface area contributed by atoms with Gasteiger partial charge >= 0.3 is 5.97 Å². The van der Waals surface area contributed by atoms with E-state index < -0.39 is 29.6 Å². The summed E-state index contributed by atoms with van der Waals surface area (Å²) in [5.41, 5.74) is 4.83. The monoisotopic (exact) mass is 244 g/mol. The van der Waals surface area contributed by atoms with Crippen LogP contribution in [0.2, 0.25) is 0 Å². The van der Waals surface area contributed by atoms with Gasteiger partial charge in [0, 0.05) is 13.0 Å². The zero-order valence-corrected chi connectivity index (χ0v) is 10.2. The maximum atomic E-state index is 12.1. The van der Waals surface area contributed by atoms with Crippen molar-refractivity contribution in [3.8, 4) is 0 Å². The van der Waals surface area contributed by atoms with Gasteiger partial charge in [0.1, 0.15) is 6.04 Å². The van der Waals surface area contributed by atoms with Gasteiger partial charge in [-0.2, -0.15) is 0 Å². The molecule has 98 valence electrons. The first-order valence-electron chi connectivity index (χ1n) is 5.80. The molecule has 1 fully saturated rings. The van der Waals surface area contributed by atoms with Crippen molar-refractivity contribution >= 4 is 11.9 Å². The van der Waals surface area contributed by atoms with Crippen LogP contribution in [0.25, 0.3) is 0 Å². The molecule has 1 rings (SSSR count). The van der Waals surface area contributed by atoms with E-state index in [0.717, 1.165) is 6.42 Å². The summed E-state index contributed by atoms with van der Waals surface area (Å²) in [7, 11) is 0. The second-order valence-corrected chi connectivity index (χ2v) is 4.87. The van der Waals surface area contributed by atoms with E-state index in [2.05, 4.69) is 0 Å². The Morgan fingerprint density at radius 2 is 2.12 bits per heavy atom. The third-order valence-corrected chi connectivity index (χ3v) is 3.08. The average molecular weight is 244 g/mol. The zero-order chi connectivity index (χ0) is 13.2. The molecule has 0 spiro atoms. The second kappa shape index (κ2) is 5.01. The summed E-state index contributed by atoms with van der Waals surface area (Å²) in [4.78, 5) is 24.3. The summed E-state index contributed by atoms with van der Waals surface area (Å²) in [5, 5.41) is 18.5. The third kappa shape index (κ3) is 2.95. The quantitative estimate of drug-likeness (QED) is 0.621. The number of carbonyl (C=O) groups is 2. The first-order chi connectivity index (χ1) is 7.79. The van der Waals surface area contributed by atoms with Crippen molar-refractivity contribution in [1.82, 2.24) is 4.90 Å². The van der Waals surface area contributed by atoms with Crippen LogP contribution in [0, 0.1) is 0 Å². The number of nitrogens with two attached hydrogens (primary N) is 1. The van der Waals surface area contributed by atoms with E-state index in [1.165, 1.54) is 4.90 Å². The van der Waals surface area contributed by atoms with Crippen molar-refractivity contribution in [2.75, 3.05) is 6.54 Å². The first-order valence-corrected chi connectivity index (χ1v) is 5.80. The molecule has 1 heterocycles. The van der Waals surface area contributed by atoms with E-state index in [4.69, 9.17) is 10.8 Å². The number of carboxylic acid groups (broad SMARTS) is 1. The highest BCUT2D eigenvalue weighted by molar-refractivity contribution is 5.90. The molecule has 1 saturated heterocycles. The minimum absolute atomic E-state index is 0.0479. The van der Waals surface area contributed by atoms with Crippen molar-refractivity contribution < 1.29 is 19.8 Å². The Hall–Kier alpha value is -1.14. The Balaban J connectivity index is 2.84. The largest absolute Gasteiger partial charge is 0.480 e. The van der Waals surface area contributed by atoms with Crippen LogP contribution in [-0.2, 0) is 9.59 Å². The topological polar surface area (TPSA) is 104 Å². The molecule has 17 heavy (non-hydrogen) atoms. The summed E-state index contributed by atoms with van der Waals surface area (Å²) < 4.78 is 0. The van der Waals surface area contributed by atoms with Gasteiger partial charge in [0.2, 0.25) is 5.91 Å². The number of aliphatic carboxylic acids is 1. The standard InChI is InChI=1S/C11H20N2O4/c1-3-4-11(2,12)10(17)13-6-7(14)5-8(13)9(15)16/h7-8,14H,3-6,12H2,1-2H3,(H,15,16)/t7-,8-,11?/m1/s1. The van der Waals surface area contributed by atoms with Gasteiger partial charge in [-0.15, -0.1) is 0 Å². The van der Waals surface area contributed by atoms with E-state index in [-0.39, 0.29) is 13.0 Å². The van der Waals surface area contributed by atoms with Gasteiger partial charge in [0.05, 0.1) is 11.6 Å². The van der Waals surface area contributed by atoms with Crippen LogP contribution in [0.15, 0.2) is 0 Å². The number of rotatable bonds is 4. The van der Waals surface area contributed by atoms with Crippen molar-refractivity contribution in [3.05, 3.63) is 0 Å². The number of amides is 1. The molecule has 1 aliphatic heterocycles. The summed E-state index contributed by atoms with van der Waals surface area (Å²) in [6, 6.07) is -0.961. The number of hydrogen-bond donors (Lipinski definition) is 3. The number of aliphatic hydroxyl groups excluding tert-OH is 1. The van der Waals surface area contributed by atoms with Crippen LogP contribution in [0.3, 0.4) is 0 Å². The lowest BCUT2D eigenvalue weighted by molar-refractivity contribution is -0.150. The van der Waals surface area contributed by atoms with Gasteiger partial charge in [0.15, 0.2) is 0 Å². The zero-order valence-electron chi connectivity index (χ0n) is 10.2. The van der Waals surface area contributed by atoms with Crippen LogP contribution in [0.5, 0.6) is 0 Å². The maximum Gasteiger partial charge on any atom is 0.326 e. The Labute approximate surface area is 100 Å². The van der Waals surface area contributed by atoms with Gasteiger partial charge in [-0.05, 0) is 13.3 Å². The van der Waals surface area contributed by atoms with Gasteiger partial charge < -0.3 is 20.8 Å². The van der Waals surface area contributed by atoms with Gasteiger partial charge in [-0.1, -0.05) is 13.3 Å². The molecule has 1 aliphatic rings. The van der Waals surface area contributed by atoms with Gasteiger partial charge in [-0.3, -0.25) is 4.79 Å². The molecule has 3 atom stereocenters. The number of aliphatic hydroxyl groups is 1. The first kappa shape index (κ1) is 13.9. The third-order valence-electron chi connectivity index (χ3n) is 3.08. The van der Waals surface area contributed by atoms with E-state index in [1.807, 2.05) is 6.92 Å². The minimum Gasteiger partial charge on any atom is -0.480 e. The summed E-state index contributed by atoms with van der Waals surface area (Å²) in [6.45, 7) is 3.56. The van der Waals surface area contributed by atoms with Gasteiger partial charge in [-0.25, -0.2) is 4.79 Å². The lowest BCUT2D eigenvalue weighted by atomic mass is 9.95. The molecular formula is C11H20N2O4. The Kier molecular flexibility index (Phi) is 4.11. The predicted octanol–water partition coefficient (Wildman–Crippen LogP) is -0.450. The number of likely N-dealkylation sites (tertiary alicyclic amines) is 1. The smallest absolute Gasteiger partial charge is 0.326 e. The van der Waals surface area contributed by atoms with Crippen LogP contribution in [-0.4, -0.2) is 51.2 Å². The number of β-amino-alcohol motifs (C(OH)–C–C–N with tert-alkyl or cyclic N) is 1. The highest BCUT2D eigenvalue weighted by atomic mass is 16.4. The van der Waals surface area contributed by atoms with E-state index >= 15 is 0 Å². The highest BCUT2D eigenvalue weighted by Crippen LogP contribution is 2.23. The normalized spacial score (nSPS) is 27.9. The van der Waals surface area contributed by atoms with Crippen LogP contribution in [0.4, 0.5) is 0 Å². The van der Waals surface area contributed by atoms with E-state index in [9.17, 15) is 14.7 Å². The van der Waals surface area contributed by atoms with Crippen LogP contribution in [0.1, 0.15) is 33.1 Å².